The third-order valence-electron chi connectivity index (χ3n) is 3.59. The van der Waals surface area contributed by atoms with Crippen LogP contribution in [-0.4, -0.2) is 29.4 Å². The highest BCUT2D eigenvalue weighted by molar-refractivity contribution is 7.55. The number of rotatable bonds is 10. The fourth-order valence-electron chi connectivity index (χ4n) is 2.34. The number of carboxylic acid groups (broad SMARTS) is 1. The average molecular weight is 406 g/mol. The highest BCUT2D eigenvalue weighted by atomic mass is 31.2. The molecule has 0 radical (unpaired) electrons. The van der Waals surface area contributed by atoms with E-state index >= 15 is 0 Å². The largest absolute Gasteiger partial charge is 0.480 e. The first kappa shape index (κ1) is 21.3. The normalized spacial score (nSPS) is 11.9. The molecule has 1 unspecified atom stereocenters. The summed E-state index contributed by atoms with van der Waals surface area (Å²) in [5.41, 5.74) is 0. The van der Waals surface area contributed by atoms with Gasteiger partial charge in [-0.15, -0.1) is 0 Å². The zero-order valence-corrected chi connectivity index (χ0v) is 16.3. The van der Waals surface area contributed by atoms with Gasteiger partial charge in [-0.1, -0.05) is 49.7 Å². The summed E-state index contributed by atoms with van der Waals surface area (Å²) < 4.78 is 25.2. The Labute approximate surface area is 163 Å². The van der Waals surface area contributed by atoms with Crippen LogP contribution in [0.15, 0.2) is 60.7 Å². The van der Waals surface area contributed by atoms with Crippen molar-refractivity contribution in [1.29, 1.82) is 0 Å². The van der Waals surface area contributed by atoms with Crippen molar-refractivity contribution in [3.63, 3.8) is 0 Å². The van der Waals surface area contributed by atoms with Crippen molar-refractivity contribution in [2.24, 2.45) is 0 Å². The summed E-state index contributed by atoms with van der Waals surface area (Å²) in [6.45, 7) is 1.30. The molecule has 1 atom stereocenters. The Bertz CT molecular complexity index is 770. The van der Waals surface area contributed by atoms with Crippen molar-refractivity contribution in [2.75, 3.05) is 6.54 Å². The van der Waals surface area contributed by atoms with Crippen molar-refractivity contribution < 1.29 is 28.3 Å². The number of carbonyl (C=O) groups is 2. The molecule has 2 rings (SSSR count). The summed E-state index contributed by atoms with van der Waals surface area (Å²) in [5.74, 6) is -1.51. The van der Waals surface area contributed by atoms with E-state index < -0.39 is 31.9 Å². The van der Waals surface area contributed by atoms with Crippen molar-refractivity contribution in [1.82, 2.24) is 10.6 Å². The molecule has 8 nitrogen and oxygen atoms in total. The van der Waals surface area contributed by atoms with Crippen LogP contribution in [-0.2, 0) is 9.36 Å². The summed E-state index contributed by atoms with van der Waals surface area (Å²) in [7, 11) is -3.91. The highest BCUT2D eigenvalue weighted by Gasteiger charge is 2.40. The van der Waals surface area contributed by atoms with Crippen LogP contribution in [0, 0.1) is 0 Å². The molecule has 0 heterocycles. The minimum atomic E-state index is -3.91. The van der Waals surface area contributed by atoms with Crippen LogP contribution in [0.3, 0.4) is 0 Å². The molecule has 0 saturated carbocycles. The smallest absolute Gasteiger partial charge is 0.452 e. The summed E-state index contributed by atoms with van der Waals surface area (Å²) in [6.07, 6.45) is 0.890. The summed E-state index contributed by atoms with van der Waals surface area (Å²) in [6, 6.07) is 16.2. The average Bonchev–Trinajstić information content (AvgIpc) is 2.67. The van der Waals surface area contributed by atoms with Gasteiger partial charge in [0.15, 0.2) is 5.78 Å². The van der Waals surface area contributed by atoms with Gasteiger partial charge in [0.2, 0.25) is 0 Å². The molecule has 2 aromatic carbocycles. The lowest BCUT2D eigenvalue weighted by Crippen LogP contribution is -2.44. The number of amides is 2. The van der Waals surface area contributed by atoms with Crippen LogP contribution >= 0.6 is 7.60 Å². The first-order valence-electron chi connectivity index (χ1n) is 8.78. The number of hydrogen-bond acceptors (Lipinski definition) is 5. The van der Waals surface area contributed by atoms with Crippen LogP contribution in [0.5, 0.6) is 11.5 Å². The van der Waals surface area contributed by atoms with E-state index in [4.69, 9.17) is 14.2 Å². The van der Waals surface area contributed by atoms with Gasteiger partial charge in [-0.2, -0.15) is 0 Å². The van der Waals surface area contributed by atoms with Gasteiger partial charge in [0.1, 0.15) is 18.0 Å². The van der Waals surface area contributed by atoms with Gasteiger partial charge in [-0.05, 0) is 30.7 Å². The van der Waals surface area contributed by atoms with Crippen molar-refractivity contribution in [3.05, 3.63) is 60.7 Å². The minimum absolute atomic E-state index is 0.303. The van der Waals surface area contributed by atoms with Gasteiger partial charge in [0, 0.05) is 0 Å². The molecule has 0 spiro atoms. The molecular weight excluding hydrogens is 383 g/mol. The number of benzene rings is 2. The minimum Gasteiger partial charge on any atom is -0.480 e. The predicted octanol–water partition coefficient (Wildman–Crippen LogP) is 3.85. The Hall–Kier alpha value is -2.99. The molecule has 150 valence electrons. The van der Waals surface area contributed by atoms with E-state index in [0.717, 1.165) is 0 Å². The fraction of sp³-hybridized carbons (Fsp3) is 0.263. The lowest BCUT2D eigenvalue weighted by Gasteiger charge is -2.28. The van der Waals surface area contributed by atoms with Crippen molar-refractivity contribution in [2.45, 2.75) is 25.5 Å². The van der Waals surface area contributed by atoms with Gasteiger partial charge in [-0.3, -0.25) is 4.79 Å². The van der Waals surface area contributed by atoms with Crippen molar-refractivity contribution >= 4 is 19.6 Å². The molecule has 2 aromatic rings. The van der Waals surface area contributed by atoms with Crippen LogP contribution in [0.4, 0.5) is 4.79 Å². The molecule has 0 fully saturated rings. The number of hydrogen-bond donors (Lipinski definition) is 3. The second-order valence-corrected chi connectivity index (χ2v) is 7.94. The highest BCUT2D eigenvalue weighted by Crippen LogP contribution is 2.53. The standard InChI is InChI=1S/C19H23N2O6P/c1-2-9-17(21-19(24)20-14-18(22)23)28(25,26-15-10-5-3-6-11-15)27-16-12-7-4-8-13-16/h3-8,10-13,17H,2,9,14H2,1H3,(H,22,23)(H2,20,21,24). The van der Waals surface area contributed by atoms with E-state index in [9.17, 15) is 14.2 Å². The molecule has 0 aliphatic heterocycles. The molecule has 28 heavy (non-hydrogen) atoms. The van der Waals surface area contributed by atoms with Crippen LogP contribution in [0.1, 0.15) is 19.8 Å². The molecule has 0 aliphatic carbocycles. The van der Waals surface area contributed by atoms with E-state index in [1.165, 1.54) is 0 Å². The number of carboxylic acids is 1. The summed E-state index contributed by atoms with van der Waals surface area (Å²) in [5, 5.41) is 13.4. The number of carbonyl (C=O) groups excluding carboxylic acids is 1. The Morgan fingerprint density at radius 2 is 1.50 bits per heavy atom. The van der Waals surface area contributed by atoms with Gasteiger partial charge in [0.25, 0.3) is 0 Å². The monoisotopic (exact) mass is 406 g/mol. The maximum atomic E-state index is 13.7. The van der Waals surface area contributed by atoms with E-state index in [0.29, 0.717) is 24.3 Å². The van der Waals surface area contributed by atoms with E-state index in [2.05, 4.69) is 10.6 Å². The lowest BCUT2D eigenvalue weighted by atomic mass is 10.3. The van der Waals surface area contributed by atoms with Gasteiger partial charge in [0.05, 0.1) is 0 Å². The first-order chi connectivity index (χ1) is 13.4. The Morgan fingerprint density at radius 3 is 1.93 bits per heavy atom. The topological polar surface area (TPSA) is 114 Å². The molecule has 0 aromatic heterocycles. The third kappa shape index (κ3) is 6.63. The molecule has 0 aliphatic rings. The second kappa shape index (κ2) is 10.4. The van der Waals surface area contributed by atoms with E-state index in [1.807, 2.05) is 6.92 Å². The SMILES string of the molecule is CCCC(NC(=O)NCC(=O)O)P(=O)(Oc1ccccc1)Oc1ccccc1. The van der Waals surface area contributed by atoms with Crippen LogP contribution in [0.2, 0.25) is 0 Å². The third-order valence-corrected chi connectivity index (χ3v) is 5.67. The molecule has 0 bridgehead atoms. The van der Waals surface area contributed by atoms with Gasteiger partial charge < -0.3 is 24.8 Å². The Balaban J connectivity index is 2.28. The molecular formula is C19H23N2O6P. The zero-order chi connectivity index (χ0) is 20.4. The second-order valence-electron chi connectivity index (χ2n) is 5.87. The number of urea groups is 1. The lowest BCUT2D eigenvalue weighted by molar-refractivity contribution is -0.135. The Morgan fingerprint density at radius 1 is 1.00 bits per heavy atom. The van der Waals surface area contributed by atoms with Gasteiger partial charge in [-0.25, -0.2) is 9.36 Å². The maximum absolute atomic E-state index is 13.7. The Kier molecular flexibility index (Phi) is 7.89. The maximum Gasteiger partial charge on any atom is 0.452 e. The first-order valence-corrected chi connectivity index (χ1v) is 10.4. The van der Waals surface area contributed by atoms with Crippen molar-refractivity contribution in [3.8, 4) is 11.5 Å². The molecule has 0 saturated heterocycles. The predicted molar refractivity (Wildman–Crippen MR) is 105 cm³/mol. The summed E-state index contributed by atoms with van der Waals surface area (Å²) >= 11 is 0. The molecule has 2 amide bonds. The number of nitrogens with one attached hydrogen (secondary N) is 2. The van der Waals surface area contributed by atoms with Crippen LogP contribution in [0.25, 0.3) is 0 Å². The number of para-hydroxylation sites is 2. The van der Waals surface area contributed by atoms with Crippen LogP contribution < -0.4 is 19.7 Å². The molecule has 3 N–H and O–H groups in total. The fourth-order valence-corrected chi connectivity index (χ4v) is 4.32. The zero-order valence-electron chi connectivity index (χ0n) is 15.4. The number of aliphatic carboxylic acids is 1. The quantitative estimate of drug-likeness (QED) is 0.517. The summed E-state index contributed by atoms with van der Waals surface area (Å²) in [4.78, 5) is 22.7. The van der Waals surface area contributed by atoms with Gasteiger partial charge >= 0.3 is 19.6 Å². The van der Waals surface area contributed by atoms with E-state index in [1.54, 1.807) is 60.7 Å². The van der Waals surface area contributed by atoms with E-state index in [-0.39, 0.29) is 0 Å². The molecule has 9 heteroatoms.